The van der Waals surface area contributed by atoms with Crippen LogP contribution in [0.3, 0.4) is 0 Å². The lowest BCUT2D eigenvalue weighted by Gasteiger charge is -2.12. The lowest BCUT2D eigenvalue weighted by Crippen LogP contribution is -2.38. The average Bonchev–Trinajstić information content (AvgIpc) is 3.13. The fraction of sp³-hybridized carbons (Fsp3) is 0.650. The van der Waals surface area contributed by atoms with Crippen LogP contribution >= 0.6 is 24.0 Å². The molecule has 0 radical (unpaired) electrons. The van der Waals surface area contributed by atoms with Crippen molar-refractivity contribution in [1.29, 1.82) is 0 Å². The molecule has 1 unspecified atom stereocenters. The van der Waals surface area contributed by atoms with Gasteiger partial charge in [-0.25, -0.2) is 0 Å². The zero-order chi connectivity index (χ0) is 17.7. The molecule has 2 rings (SSSR count). The van der Waals surface area contributed by atoms with Crippen LogP contribution in [0.5, 0.6) is 0 Å². The number of nitrogens with one attached hydrogen (secondary N) is 2. The van der Waals surface area contributed by atoms with Gasteiger partial charge in [-0.1, -0.05) is 29.8 Å². The van der Waals surface area contributed by atoms with Crippen molar-refractivity contribution >= 4 is 29.9 Å². The Labute approximate surface area is 175 Å². The van der Waals surface area contributed by atoms with Crippen LogP contribution in [0.2, 0.25) is 0 Å². The normalized spacial score (nSPS) is 17.0. The molecule has 1 aliphatic heterocycles. The largest absolute Gasteiger partial charge is 0.381 e. The number of rotatable bonds is 10. The Bertz CT molecular complexity index is 502. The van der Waals surface area contributed by atoms with Gasteiger partial charge in [0.1, 0.15) is 0 Å². The van der Waals surface area contributed by atoms with Gasteiger partial charge in [-0.2, -0.15) is 0 Å². The second kappa shape index (κ2) is 14.2. The van der Waals surface area contributed by atoms with E-state index < -0.39 is 0 Å². The molecule has 1 heterocycles. The number of hydrogen-bond acceptors (Lipinski definition) is 3. The zero-order valence-electron chi connectivity index (χ0n) is 16.1. The summed E-state index contributed by atoms with van der Waals surface area (Å²) in [5.74, 6) is 1.48. The minimum absolute atomic E-state index is 0. The number of aliphatic imine (C=N–C) groups is 1. The van der Waals surface area contributed by atoms with E-state index in [9.17, 15) is 0 Å². The summed E-state index contributed by atoms with van der Waals surface area (Å²) in [6, 6.07) is 8.69. The van der Waals surface area contributed by atoms with Gasteiger partial charge in [0, 0.05) is 38.8 Å². The molecule has 5 nitrogen and oxygen atoms in total. The monoisotopic (exact) mass is 475 g/mol. The Morgan fingerprint density at radius 1 is 1.27 bits per heavy atom. The molecule has 6 heteroatoms. The second-order valence-corrected chi connectivity index (χ2v) is 6.58. The van der Waals surface area contributed by atoms with Crippen LogP contribution in [0, 0.1) is 12.8 Å². The summed E-state index contributed by atoms with van der Waals surface area (Å²) in [5, 5.41) is 6.70. The van der Waals surface area contributed by atoms with Gasteiger partial charge in [-0.3, -0.25) is 4.99 Å². The van der Waals surface area contributed by atoms with Crippen LogP contribution < -0.4 is 10.6 Å². The smallest absolute Gasteiger partial charge is 0.191 e. The molecule has 0 amide bonds. The predicted octanol–water partition coefficient (Wildman–Crippen LogP) is 3.15. The van der Waals surface area contributed by atoms with Crippen molar-refractivity contribution in [3.05, 3.63) is 35.4 Å². The maximum absolute atomic E-state index is 5.72. The topological polar surface area (TPSA) is 54.9 Å². The third-order valence-corrected chi connectivity index (χ3v) is 4.27. The van der Waals surface area contributed by atoms with Gasteiger partial charge >= 0.3 is 0 Å². The second-order valence-electron chi connectivity index (χ2n) is 6.58. The van der Waals surface area contributed by atoms with E-state index in [2.05, 4.69) is 53.7 Å². The maximum atomic E-state index is 5.72. The van der Waals surface area contributed by atoms with Crippen molar-refractivity contribution in [1.82, 2.24) is 10.6 Å². The van der Waals surface area contributed by atoms with E-state index >= 15 is 0 Å². The molecule has 1 aliphatic rings. The van der Waals surface area contributed by atoms with Gasteiger partial charge in [-0.15, -0.1) is 24.0 Å². The van der Waals surface area contributed by atoms with Gasteiger partial charge < -0.3 is 20.1 Å². The van der Waals surface area contributed by atoms with E-state index in [1.165, 1.54) is 11.1 Å². The molecule has 0 aliphatic carbocycles. The van der Waals surface area contributed by atoms with Crippen LogP contribution in [0.15, 0.2) is 29.3 Å². The summed E-state index contributed by atoms with van der Waals surface area (Å²) >= 11 is 0. The van der Waals surface area contributed by atoms with E-state index in [0.717, 1.165) is 71.3 Å². The van der Waals surface area contributed by atoms with Crippen LogP contribution in [-0.4, -0.2) is 52.0 Å². The molecular weight excluding hydrogens is 441 g/mol. The fourth-order valence-electron chi connectivity index (χ4n) is 2.74. The Morgan fingerprint density at radius 2 is 2.08 bits per heavy atom. The Hall–Kier alpha value is -0.860. The molecule has 0 bridgehead atoms. The molecule has 1 aromatic carbocycles. The number of benzene rings is 1. The molecule has 1 atom stereocenters. The summed E-state index contributed by atoms with van der Waals surface area (Å²) in [7, 11) is 0. The number of guanidine groups is 1. The number of ether oxygens (including phenoxy) is 2. The highest BCUT2D eigenvalue weighted by Crippen LogP contribution is 2.12. The Kier molecular flexibility index (Phi) is 12.7. The van der Waals surface area contributed by atoms with Crippen LogP contribution in [0.25, 0.3) is 0 Å². The molecule has 2 N–H and O–H groups in total. The van der Waals surface area contributed by atoms with Crippen molar-refractivity contribution < 1.29 is 9.47 Å². The molecule has 148 valence electrons. The van der Waals surface area contributed by atoms with E-state index in [4.69, 9.17) is 9.47 Å². The quantitative estimate of drug-likeness (QED) is 0.236. The number of halogens is 1. The number of hydrogen-bond donors (Lipinski definition) is 2. The highest BCUT2D eigenvalue weighted by Gasteiger charge is 2.15. The van der Waals surface area contributed by atoms with E-state index in [-0.39, 0.29) is 24.0 Å². The van der Waals surface area contributed by atoms with E-state index in [1.807, 2.05) is 0 Å². The molecule has 1 fully saturated rings. The summed E-state index contributed by atoms with van der Waals surface area (Å²) in [6.45, 7) is 10.1. The minimum Gasteiger partial charge on any atom is -0.381 e. The van der Waals surface area contributed by atoms with Crippen molar-refractivity contribution in [2.24, 2.45) is 10.9 Å². The summed E-state index contributed by atoms with van der Waals surface area (Å²) < 4.78 is 11.1. The molecule has 1 saturated heterocycles. The Balaban J connectivity index is 0.00000338. The summed E-state index contributed by atoms with van der Waals surface area (Å²) in [5.41, 5.74) is 2.65. The number of aryl methyl sites for hydroxylation is 1. The van der Waals surface area contributed by atoms with Crippen molar-refractivity contribution in [2.45, 2.75) is 33.1 Å². The number of nitrogens with zero attached hydrogens (tertiary/aromatic N) is 1. The van der Waals surface area contributed by atoms with Crippen LogP contribution in [-0.2, 0) is 15.9 Å². The van der Waals surface area contributed by atoms with E-state index in [0.29, 0.717) is 5.92 Å². The van der Waals surface area contributed by atoms with Gasteiger partial charge in [0.15, 0.2) is 5.96 Å². The van der Waals surface area contributed by atoms with Gasteiger partial charge in [0.05, 0.1) is 13.2 Å². The lowest BCUT2D eigenvalue weighted by atomic mass is 10.1. The van der Waals surface area contributed by atoms with Gasteiger partial charge in [0.2, 0.25) is 0 Å². The first-order valence-corrected chi connectivity index (χ1v) is 9.51. The average molecular weight is 475 g/mol. The maximum Gasteiger partial charge on any atom is 0.191 e. The van der Waals surface area contributed by atoms with E-state index in [1.54, 1.807) is 0 Å². The zero-order valence-corrected chi connectivity index (χ0v) is 18.5. The molecule has 1 aromatic rings. The molecule has 0 aromatic heterocycles. The first kappa shape index (κ1) is 23.2. The van der Waals surface area contributed by atoms with Gasteiger partial charge in [0.25, 0.3) is 0 Å². The fourth-order valence-corrected chi connectivity index (χ4v) is 2.74. The molecular formula is C20H34IN3O2. The van der Waals surface area contributed by atoms with Crippen molar-refractivity contribution in [3.8, 4) is 0 Å². The third kappa shape index (κ3) is 9.73. The Morgan fingerprint density at radius 3 is 2.77 bits per heavy atom. The summed E-state index contributed by atoms with van der Waals surface area (Å²) in [4.78, 5) is 4.62. The standard InChI is InChI=1S/C20H33N3O2.HI/c1-3-21-20(23-12-9-18-7-5-17(2)6-8-18)22-11-4-13-24-15-19-10-14-25-16-19;/h5-8,19H,3-4,9-16H2,1-2H3,(H2,21,22,23);1H. The molecule has 0 saturated carbocycles. The highest BCUT2D eigenvalue weighted by molar-refractivity contribution is 14.0. The van der Waals surface area contributed by atoms with Crippen LogP contribution in [0.1, 0.15) is 30.9 Å². The van der Waals surface area contributed by atoms with Crippen LogP contribution in [0.4, 0.5) is 0 Å². The minimum atomic E-state index is 0. The third-order valence-electron chi connectivity index (χ3n) is 4.27. The molecule has 0 spiro atoms. The lowest BCUT2D eigenvalue weighted by molar-refractivity contribution is 0.0893. The SMILES string of the molecule is CCNC(=NCCCOCC1CCOC1)NCCc1ccc(C)cc1.I. The molecule has 26 heavy (non-hydrogen) atoms. The van der Waals surface area contributed by atoms with Gasteiger partial charge in [-0.05, 0) is 38.7 Å². The van der Waals surface area contributed by atoms with Crippen molar-refractivity contribution in [3.63, 3.8) is 0 Å². The van der Waals surface area contributed by atoms with Crippen molar-refractivity contribution in [2.75, 3.05) is 46.1 Å². The first-order chi connectivity index (χ1) is 12.3. The first-order valence-electron chi connectivity index (χ1n) is 9.51. The predicted molar refractivity (Wildman–Crippen MR) is 119 cm³/mol. The highest BCUT2D eigenvalue weighted by atomic mass is 127. The summed E-state index contributed by atoms with van der Waals surface area (Å²) in [6.07, 6.45) is 3.08.